The summed E-state index contributed by atoms with van der Waals surface area (Å²) in [5.74, 6) is -0.496. The predicted octanol–water partition coefficient (Wildman–Crippen LogP) is 1.84. The highest BCUT2D eigenvalue weighted by Gasteiger charge is 2.16. The summed E-state index contributed by atoms with van der Waals surface area (Å²) in [5.41, 5.74) is 0.973. The lowest BCUT2D eigenvalue weighted by molar-refractivity contribution is -0.142. The van der Waals surface area contributed by atoms with Gasteiger partial charge in [-0.2, -0.15) is 0 Å². The van der Waals surface area contributed by atoms with Gasteiger partial charge in [-0.15, -0.1) is 0 Å². The normalized spacial score (nSPS) is 10.8. The van der Waals surface area contributed by atoms with Crippen LogP contribution in [0.5, 0.6) is 0 Å². The standard InChI is InChI=1S/C15H21ClN2O3/c1-11(2)17-14(19)9-18(10-15(20)21-3)8-12-4-6-13(16)7-5-12/h4-7,11H,8-10H2,1-3H3,(H,17,19). The number of rotatable bonds is 7. The minimum atomic E-state index is -0.374. The smallest absolute Gasteiger partial charge is 0.319 e. The van der Waals surface area contributed by atoms with Gasteiger partial charge < -0.3 is 10.1 Å². The van der Waals surface area contributed by atoms with Gasteiger partial charge >= 0.3 is 5.97 Å². The molecule has 0 saturated heterocycles. The highest BCUT2D eigenvalue weighted by molar-refractivity contribution is 6.30. The van der Waals surface area contributed by atoms with Crippen LogP contribution in [0.25, 0.3) is 0 Å². The monoisotopic (exact) mass is 312 g/mol. The van der Waals surface area contributed by atoms with Crippen LogP contribution in [0, 0.1) is 0 Å². The number of ether oxygens (including phenoxy) is 1. The fourth-order valence-electron chi connectivity index (χ4n) is 1.83. The molecular weight excluding hydrogens is 292 g/mol. The maximum Gasteiger partial charge on any atom is 0.319 e. The fraction of sp³-hybridized carbons (Fsp3) is 0.467. The van der Waals surface area contributed by atoms with E-state index in [1.807, 2.05) is 26.0 Å². The summed E-state index contributed by atoms with van der Waals surface area (Å²) in [6, 6.07) is 7.36. The number of benzene rings is 1. The first-order chi connectivity index (χ1) is 9.90. The lowest BCUT2D eigenvalue weighted by Crippen LogP contribution is -2.41. The Balaban J connectivity index is 2.69. The SMILES string of the molecule is COC(=O)CN(CC(=O)NC(C)C)Cc1ccc(Cl)cc1. The molecular formula is C15H21ClN2O3. The van der Waals surface area contributed by atoms with Crippen LogP contribution in [-0.2, 0) is 20.9 Å². The van der Waals surface area contributed by atoms with Crippen molar-refractivity contribution in [1.29, 1.82) is 0 Å². The van der Waals surface area contributed by atoms with E-state index in [0.717, 1.165) is 5.56 Å². The molecule has 1 amide bonds. The second-order valence-electron chi connectivity index (χ2n) is 5.07. The molecule has 21 heavy (non-hydrogen) atoms. The number of nitrogens with zero attached hydrogens (tertiary/aromatic N) is 1. The van der Waals surface area contributed by atoms with E-state index in [1.54, 1.807) is 17.0 Å². The molecule has 0 unspecified atom stereocenters. The third kappa shape index (κ3) is 7.11. The van der Waals surface area contributed by atoms with Crippen molar-refractivity contribution in [3.8, 4) is 0 Å². The van der Waals surface area contributed by atoms with Crippen molar-refractivity contribution >= 4 is 23.5 Å². The molecule has 1 aromatic carbocycles. The number of esters is 1. The summed E-state index contributed by atoms with van der Waals surface area (Å²) < 4.78 is 4.67. The summed E-state index contributed by atoms with van der Waals surface area (Å²) in [6.07, 6.45) is 0. The van der Waals surface area contributed by atoms with E-state index in [4.69, 9.17) is 11.6 Å². The van der Waals surface area contributed by atoms with Crippen LogP contribution < -0.4 is 5.32 Å². The van der Waals surface area contributed by atoms with Gasteiger partial charge in [0.15, 0.2) is 0 Å². The zero-order chi connectivity index (χ0) is 15.8. The fourth-order valence-corrected chi connectivity index (χ4v) is 1.96. The lowest BCUT2D eigenvalue weighted by atomic mass is 10.2. The molecule has 0 aliphatic rings. The van der Waals surface area contributed by atoms with E-state index in [1.165, 1.54) is 7.11 Å². The third-order valence-corrected chi connectivity index (χ3v) is 2.97. The van der Waals surface area contributed by atoms with E-state index in [-0.39, 0.29) is 31.0 Å². The van der Waals surface area contributed by atoms with Gasteiger partial charge in [0.2, 0.25) is 5.91 Å². The van der Waals surface area contributed by atoms with Crippen LogP contribution in [-0.4, -0.2) is 43.0 Å². The molecule has 1 N–H and O–H groups in total. The van der Waals surface area contributed by atoms with Crippen LogP contribution in [0.2, 0.25) is 5.02 Å². The van der Waals surface area contributed by atoms with Crippen molar-refractivity contribution in [3.63, 3.8) is 0 Å². The maximum atomic E-state index is 11.9. The number of carbonyl (C=O) groups excluding carboxylic acids is 2. The molecule has 0 radical (unpaired) electrons. The quantitative estimate of drug-likeness (QED) is 0.781. The third-order valence-electron chi connectivity index (χ3n) is 2.72. The molecule has 0 spiro atoms. The zero-order valence-corrected chi connectivity index (χ0v) is 13.3. The molecule has 0 heterocycles. The van der Waals surface area contributed by atoms with E-state index in [9.17, 15) is 9.59 Å². The van der Waals surface area contributed by atoms with Crippen LogP contribution in [0.3, 0.4) is 0 Å². The molecule has 0 aliphatic heterocycles. The molecule has 5 nitrogen and oxygen atoms in total. The lowest BCUT2D eigenvalue weighted by Gasteiger charge is -2.21. The van der Waals surface area contributed by atoms with Crippen molar-refractivity contribution in [2.24, 2.45) is 0 Å². The number of carbonyl (C=O) groups is 2. The van der Waals surface area contributed by atoms with Gasteiger partial charge in [0.05, 0.1) is 20.2 Å². The van der Waals surface area contributed by atoms with E-state index in [2.05, 4.69) is 10.1 Å². The summed E-state index contributed by atoms with van der Waals surface area (Å²) in [7, 11) is 1.33. The van der Waals surface area contributed by atoms with E-state index < -0.39 is 0 Å². The van der Waals surface area contributed by atoms with Crippen LogP contribution in [0.1, 0.15) is 19.4 Å². The number of hydrogen-bond acceptors (Lipinski definition) is 4. The largest absolute Gasteiger partial charge is 0.468 e. The molecule has 0 saturated carbocycles. The average Bonchev–Trinajstić information content (AvgIpc) is 2.40. The summed E-state index contributed by atoms with van der Waals surface area (Å²) in [5, 5.41) is 3.45. The van der Waals surface area contributed by atoms with Gasteiger partial charge in [0.25, 0.3) is 0 Å². The second kappa shape index (κ2) is 8.64. The number of hydrogen-bond donors (Lipinski definition) is 1. The highest BCUT2D eigenvalue weighted by atomic mass is 35.5. The number of nitrogens with one attached hydrogen (secondary N) is 1. The topological polar surface area (TPSA) is 58.6 Å². The zero-order valence-electron chi connectivity index (χ0n) is 12.6. The number of methoxy groups -OCH3 is 1. The molecule has 116 valence electrons. The van der Waals surface area contributed by atoms with Crippen molar-refractivity contribution in [2.45, 2.75) is 26.4 Å². The first kappa shape index (κ1) is 17.5. The molecule has 0 aromatic heterocycles. The van der Waals surface area contributed by atoms with Gasteiger partial charge in [-0.25, -0.2) is 0 Å². The minimum Gasteiger partial charge on any atom is -0.468 e. The van der Waals surface area contributed by atoms with Crippen molar-refractivity contribution in [3.05, 3.63) is 34.9 Å². The van der Waals surface area contributed by atoms with Crippen molar-refractivity contribution in [2.75, 3.05) is 20.2 Å². The molecule has 1 rings (SSSR count). The Morgan fingerprint density at radius 3 is 2.38 bits per heavy atom. The Labute approximate surface area is 130 Å². The molecule has 6 heteroatoms. The first-order valence-electron chi connectivity index (χ1n) is 6.73. The summed E-state index contributed by atoms with van der Waals surface area (Å²) >= 11 is 5.84. The molecule has 0 bridgehead atoms. The Kier molecular flexibility index (Phi) is 7.19. The van der Waals surface area contributed by atoms with Gasteiger partial charge in [-0.3, -0.25) is 14.5 Å². The Morgan fingerprint density at radius 2 is 1.86 bits per heavy atom. The molecule has 0 aliphatic carbocycles. The van der Waals surface area contributed by atoms with E-state index >= 15 is 0 Å². The molecule has 1 aromatic rings. The average molecular weight is 313 g/mol. The Morgan fingerprint density at radius 1 is 1.24 bits per heavy atom. The van der Waals surface area contributed by atoms with Gasteiger partial charge in [-0.1, -0.05) is 23.7 Å². The highest BCUT2D eigenvalue weighted by Crippen LogP contribution is 2.11. The number of amides is 1. The van der Waals surface area contributed by atoms with Gasteiger partial charge in [0.1, 0.15) is 0 Å². The van der Waals surface area contributed by atoms with Crippen molar-refractivity contribution in [1.82, 2.24) is 10.2 Å². The molecule has 0 fully saturated rings. The van der Waals surface area contributed by atoms with Gasteiger partial charge in [-0.05, 0) is 31.5 Å². The molecule has 0 atom stereocenters. The van der Waals surface area contributed by atoms with E-state index in [0.29, 0.717) is 11.6 Å². The van der Waals surface area contributed by atoms with Gasteiger partial charge in [0, 0.05) is 17.6 Å². The van der Waals surface area contributed by atoms with Crippen molar-refractivity contribution < 1.29 is 14.3 Å². The maximum absolute atomic E-state index is 11.9. The predicted molar refractivity (Wildman–Crippen MR) is 82.0 cm³/mol. The van der Waals surface area contributed by atoms with Crippen LogP contribution in [0.15, 0.2) is 24.3 Å². The Hall–Kier alpha value is -1.59. The first-order valence-corrected chi connectivity index (χ1v) is 7.11. The second-order valence-corrected chi connectivity index (χ2v) is 5.51. The number of halogens is 1. The summed E-state index contributed by atoms with van der Waals surface area (Å²) in [4.78, 5) is 25.0. The van der Waals surface area contributed by atoms with Crippen LogP contribution in [0.4, 0.5) is 0 Å². The summed E-state index contributed by atoms with van der Waals surface area (Å²) in [6.45, 7) is 4.45. The minimum absolute atomic E-state index is 0.0602. The Bertz CT molecular complexity index is 474. The van der Waals surface area contributed by atoms with Crippen LogP contribution >= 0.6 is 11.6 Å².